The molecule has 1 saturated carbocycles. The molecule has 3 rings (SSSR count). The number of hydrogen-bond donors (Lipinski definition) is 2. The van der Waals surface area contributed by atoms with E-state index in [0.717, 1.165) is 13.4 Å². The van der Waals surface area contributed by atoms with Crippen molar-refractivity contribution in [3.05, 3.63) is 36.0 Å². The van der Waals surface area contributed by atoms with Gasteiger partial charge < -0.3 is 28.8 Å². The van der Waals surface area contributed by atoms with Crippen LogP contribution in [0.3, 0.4) is 0 Å². The molecule has 1 fully saturated rings. The summed E-state index contributed by atoms with van der Waals surface area (Å²) in [5.74, 6) is -5.15. The molecule has 1 aliphatic carbocycles. The lowest BCUT2D eigenvalue weighted by atomic mass is 9.81. The summed E-state index contributed by atoms with van der Waals surface area (Å²) in [5, 5.41) is 21.0. The molecule has 2 N–H and O–H groups in total. The number of aliphatic hydroxyl groups is 2. The number of esters is 3. The predicted octanol–water partition coefficient (Wildman–Crippen LogP) is -0.223. The molecule has 0 bridgehead atoms. The quantitative estimate of drug-likeness (QED) is 0.559. The van der Waals surface area contributed by atoms with E-state index in [-0.39, 0.29) is 11.3 Å². The van der Waals surface area contributed by atoms with E-state index in [9.17, 15) is 24.6 Å². The second kappa shape index (κ2) is 6.01. The van der Waals surface area contributed by atoms with Gasteiger partial charge in [0.1, 0.15) is 24.1 Å². The number of cyclic esters (lactones) is 1. The Morgan fingerprint density at radius 2 is 2.04 bits per heavy atom. The molecule has 1 aromatic heterocycles. The Labute approximate surface area is 141 Å². The fourth-order valence-corrected chi connectivity index (χ4v) is 3.30. The number of ether oxygens (including phenoxy) is 3. The van der Waals surface area contributed by atoms with Crippen LogP contribution in [0.15, 0.2) is 34.6 Å². The van der Waals surface area contributed by atoms with Gasteiger partial charge in [0, 0.05) is 0 Å². The smallest absolute Gasteiger partial charge is 0.374 e. The summed E-state index contributed by atoms with van der Waals surface area (Å²) in [5.41, 5.74) is -2.11. The minimum Gasteiger partial charge on any atom is -0.466 e. The van der Waals surface area contributed by atoms with Gasteiger partial charge in [-0.2, -0.15) is 0 Å². The van der Waals surface area contributed by atoms with E-state index in [1.807, 2.05) is 0 Å². The van der Waals surface area contributed by atoms with Gasteiger partial charge in [0.25, 0.3) is 0 Å². The van der Waals surface area contributed by atoms with Crippen molar-refractivity contribution in [3.63, 3.8) is 0 Å². The molecule has 5 atom stereocenters. The van der Waals surface area contributed by atoms with E-state index in [1.54, 1.807) is 0 Å². The van der Waals surface area contributed by atoms with Crippen molar-refractivity contribution >= 4 is 17.9 Å². The van der Waals surface area contributed by atoms with Crippen LogP contribution in [0.25, 0.3) is 0 Å². The van der Waals surface area contributed by atoms with Crippen molar-refractivity contribution in [3.8, 4) is 0 Å². The number of hydrogen-bond acceptors (Lipinski definition) is 9. The van der Waals surface area contributed by atoms with E-state index >= 15 is 0 Å². The Morgan fingerprint density at radius 1 is 1.32 bits per heavy atom. The molecule has 0 unspecified atom stereocenters. The topological polar surface area (TPSA) is 132 Å². The van der Waals surface area contributed by atoms with Crippen LogP contribution in [0, 0.1) is 11.8 Å². The summed E-state index contributed by atoms with van der Waals surface area (Å²) in [6, 6.07) is 2.82. The van der Waals surface area contributed by atoms with Crippen LogP contribution in [0.4, 0.5) is 0 Å². The third-order valence-corrected chi connectivity index (χ3v) is 4.55. The molecule has 0 amide bonds. The van der Waals surface area contributed by atoms with Gasteiger partial charge in [-0.25, -0.2) is 9.59 Å². The highest BCUT2D eigenvalue weighted by atomic mass is 16.6. The molecule has 9 heteroatoms. The van der Waals surface area contributed by atoms with Crippen molar-refractivity contribution in [1.29, 1.82) is 0 Å². The van der Waals surface area contributed by atoms with E-state index in [2.05, 4.69) is 4.74 Å². The maximum absolute atomic E-state index is 12.2. The summed E-state index contributed by atoms with van der Waals surface area (Å²) in [6.07, 6.45) is -0.869. The number of methoxy groups -OCH3 is 1. The molecule has 2 heterocycles. The molecular formula is C16H16O9. The highest BCUT2D eigenvalue weighted by molar-refractivity contribution is 5.93. The summed E-state index contributed by atoms with van der Waals surface area (Å²) >= 11 is 0. The number of fused-ring (bicyclic) bond motifs is 1. The van der Waals surface area contributed by atoms with Crippen molar-refractivity contribution < 1.29 is 43.2 Å². The largest absolute Gasteiger partial charge is 0.466 e. The molecule has 9 nitrogen and oxygen atoms in total. The Bertz CT molecular complexity index is 731. The average Bonchev–Trinajstić information content (AvgIpc) is 3.17. The normalized spacial score (nSPS) is 33.9. The number of carbonyl (C=O) groups is 3. The van der Waals surface area contributed by atoms with Gasteiger partial charge in [-0.05, 0) is 19.1 Å². The van der Waals surface area contributed by atoms with Gasteiger partial charge in [-0.15, -0.1) is 0 Å². The monoisotopic (exact) mass is 352 g/mol. The summed E-state index contributed by atoms with van der Waals surface area (Å²) in [6.45, 7) is 1.21. The first-order valence-corrected chi connectivity index (χ1v) is 7.42. The maximum atomic E-state index is 12.2. The number of rotatable bonds is 3. The molecule has 0 saturated heterocycles. The molecule has 0 aromatic carbocycles. The third-order valence-electron chi connectivity index (χ3n) is 4.55. The van der Waals surface area contributed by atoms with Crippen LogP contribution in [0.2, 0.25) is 0 Å². The zero-order chi connectivity index (χ0) is 18.4. The van der Waals surface area contributed by atoms with Crippen LogP contribution in [0.1, 0.15) is 17.5 Å². The van der Waals surface area contributed by atoms with Crippen LogP contribution in [-0.4, -0.2) is 53.0 Å². The lowest BCUT2D eigenvalue weighted by Gasteiger charge is -2.30. The van der Waals surface area contributed by atoms with Crippen LogP contribution >= 0.6 is 0 Å². The second-order valence-electron chi connectivity index (χ2n) is 6.02. The molecular weight excluding hydrogens is 336 g/mol. The van der Waals surface area contributed by atoms with Gasteiger partial charge in [0.15, 0.2) is 0 Å². The van der Waals surface area contributed by atoms with Gasteiger partial charge in [-0.1, -0.05) is 0 Å². The first kappa shape index (κ1) is 17.2. The lowest BCUT2D eigenvalue weighted by molar-refractivity contribution is -0.158. The Balaban J connectivity index is 1.99. The molecule has 25 heavy (non-hydrogen) atoms. The third kappa shape index (κ3) is 2.61. The standard InChI is InChI=1S/C16H16O9/c1-16(21)10-9(7(13(18)22-2)6-24-15(10)20)11(12(16)17)25-14(19)8-4-3-5-23-8/h3-6,9-12,17,21H,1-2H3/t9-,10-,11+,12+,16-/m1/s1. The molecule has 134 valence electrons. The number of aliphatic hydroxyl groups excluding tert-OH is 1. The van der Waals surface area contributed by atoms with Crippen molar-refractivity contribution in [2.24, 2.45) is 11.8 Å². The molecule has 1 aliphatic heterocycles. The lowest BCUT2D eigenvalue weighted by Crippen LogP contribution is -2.46. The maximum Gasteiger partial charge on any atom is 0.374 e. The highest BCUT2D eigenvalue weighted by Gasteiger charge is 2.65. The molecule has 2 aliphatic rings. The Kier molecular flexibility index (Phi) is 4.13. The van der Waals surface area contributed by atoms with E-state index in [1.165, 1.54) is 25.3 Å². The fraction of sp³-hybridized carbons (Fsp3) is 0.438. The van der Waals surface area contributed by atoms with E-state index < -0.39 is 47.6 Å². The zero-order valence-corrected chi connectivity index (χ0v) is 13.4. The van der Waals surface area contributed by atoms with Gasteiger partial charge in [0.05, 0.1) is 30.8 Å². The SMILES string of the molecule is COC(=O)C1=COC(=O)[C@H]2[C@@H]1[C@H](OC(=O)c1ccco1)[C@H](O)[C@]2(C)O. The van der Waals surface area contributed by atoms with Crippen LogP contribution in [-0.2, 0) is 23.8 Å². The van der Waals surface area contributed by atoms with Gasteiger partial charge >= 0.3 is 17.9 Å². The number of carbonyl (C=O) groups excluding carboxylic acids is 3. The Morgan fingerprint density at radius 3 is 2.64 bits per heavy atom. The predicted molar refractivity (Wildman–Crippen MR) is 77.7 cm³/mol. The average molecular weight is 352 g/mol. The highest BCUT2D eigenvalue weighted by Crippen LogP contribution is 2.48. The van der Waals surface area contributed by atoms with E-state index in [4.69, 9.17) is 13.9 Å². The summed E-state index contributed by atoms with van der Waals surface area (Å²) < 4.78 is 19.6. The van der Waals surface area contributed by atoms with Crippen molar-refractivity contribution in [2.45, 2.75) is 24.7 Å². The molecule has 0 radical (unpaired) electrons. The summed E-state index contributed by atoms with van der Waals surface area (Å²) in [4.78, 5) is 36.3. The van der Waals surface area contributed by atoms with Gasteiger partial charge in [0.2, 0.25) is 5.76 Å². The van der Waals surface area contributed by atoms with Crippen molar-refractivity contribution in [2.75, 3.05) is 7.11 Å². The molecule has 1 aromatic rings. The van der Waals surface area contributed by atoms with E-state index in [0.29, 0.717) is 0 Å². The first-order chi connectivity index (χ1) is 11.8. The van der Waals surface area contributed by atoms with Crippen LogP contribution < -0.4 is 0 Å². The zero-order valence-electron chi connectivity index (χ0n) is 13.4. The fourth-order valence-electron chi connectivity index (χ4n) is 3.30. The second-order valence-corrected chi connectivity index (χ2v) is 6.02. The van der Waals surface area contributed by atoms with Crippen LogP contribution in [0.5, 0.6) is 0 Å². The first-order valence-electron chi connectivity index (χ1n) is 7.42. The number of furan rings is 1. The van der Waals surface area contributed by atoms with Crippen molar-refractivity contribution in [1.82, 2.24) is 0 Å². The minimum atomic E-state index is -1.98. The van der Waals surface area contributed by atoms with Gasteiger partial charge in [-0.3, -0.25) is 4.79 Å². The molecule has 0 spiro atoms. The summed E-state index contributed by atoms with van der Waals surface area (Å²) in [7, 11) is 1.13. The Hall–Kier alpha value is -2.65. The minimum absolute atomic E-state index is 0.124.